The second-order valence-electron chi connectivity index (χ2n) is 6.48. The van der Waals surface area contributed by atoms with Gasteiger partial charge in [0.15, 0.2) is 10.8 Å². The van der Waals surface area contributed by atoms with E-state index >= 15 is 0 Å². The van der Waals surface area contributed by atoms with Gasteiger partial charge in [-0.15, -0.1) is 11.3 Å². The molecule has 1 saturated heterocycles. The Labute approximate surface area is 164 Å². The van der Waals surface area contributed by atoms with Crippen LogP contribution in [0.2, 0.25) is 0 Å². The molecule has 0 unspecified atom stereocenters. The highest BCUT2D eigenvalue weighted by Crippen LogP contribution is 2.24. The molecule has 1 aliphatic rings. The standard InChI is InChI=1S/C18H19N5O4S/c1-19-12-8-22(9-13(12)27-2)14-4-3-10-15(24)11(17(25)26)7-23(16(10)21-14)18-20-5-6-28-18/h3-7,12-13,19H,8-9H2,1-2H3,(H,25,26)/t12-,13+/m1/s1. The van der Waals surface area contributed by atoms with Gasteiger partial charge in [-0.3, -0.25) is 9.36 Å². The van der Waals surface area contributed by atoms with E-state index in [2.05, 4.69) is 15.2 Å². The second kappa shape index (κ2) is 7.30. The number of carboxylic acids is 1. The number of aromatic nitrogens is 3. The van der Waals surface area contributed by atoms with Crippen LogP contribution in [0.4, 0.5) is 5.82 Å². The molecule has 0 amide bonds. The molecule has 28 heavy (non-hydrogen) atoms. The van der Waals surface area contributed by atoms with Gasteiger partial charge in [0.2, 0.25) is 5.43 Å². The summed E-state index contributed by atoms with van der Waals surface area (Å²) in [6, 6.07) is 3.54. The Bertz CT molecular complexity index is 1070. The number of hydrogen-bond acceptors (Lipinski definition) is 8. The van der Waals surface area contributed by atoms with E-state index in [9.17, 15) is 14.7 Å². The van der Waals surface area contributed by atoms with Crippen molar-refractivity contribution in [1.29, 1.82) is 0 Å². The number of carboxylic acid groups (broad SMARTS) is 1. The minimum Gasteiger partial charge on any atom is -0.477 e. The van der Waals surface area contributed by atoms with E-state index in [0.717, 1.165) is 0 Å². The van der Waals surface area contributed by atoms with Crippen LogP contribution in [-0.2, 0) is 4.74 Å². The third-order valence-electron chi connectivity index (χ3n) is 4.96. The largest absolute Gasteiger partial charge is 0.477 e. The van der Waals surface area contributed by atoms with Gasteiger partial charge in [0.1, 0.15) is 11.4 Å². The molecule has 2 atom stereocenters. The summed E-state index contributed by atoms with van der Waals surface area (Å²) >= 11 is 1.34. The van der Waals surface area contributed by atoms with Crippen LogP contribution in [-0.4, -0.2) is 65.0 Å². The monoisotopic (exact) mass is 401 g/mol. The van der Waals surface area contributed by atoms with E-state index in [1.54, 1.807) is 35.4 Å². The minimum atomic E-state index is -1.28. The van der Waals surface area contributed by atoms with Gasteiger partial charge >= 0.3 is 5.97 Å². The quantitative estimate of drug-likeness (QED) is 0.651. The summed E-state index contributed by atoms with van der Waals surface area (Å²) < 4.78 is 7.10. The Hall–Kier alpha value is -2.82. The fourth-order valence-corrected chi connectivity index (χ4v) is 4.10. The van der Waals surface area contributed by atoms with Gasteiger partial charge in [0.25, 0.3) is 0 Å². The number of thiazole rings is 1. The Morgan fingerprint density at radius 2 is 2.21 bits per heavy atom. The predicted molar refractivity (Wildman–Crippen MR) is 106 cm³/mol. The summed E-state index contributed by atoms with van der Waals surface area (Å²) in [4.78, 5) is 35.2. The first kappa shape index (κ1) is 18.5. The van der Waals surface area contributed by atoms with Crippen molar-refractivity contribution in [2.24, 2.45) is 0 Å². The fraction of sp³-hybridized carbons (Fsp3) is 0.333. The van der Waals surface area contributed by atoms with Gasteiger partial charge in [-0.25, -0.2) is 14.8 Å². The van der Waals surface area contributed by atoms with Gasteiger partial charge in [0.05, 0.1) is 17.5 Å². The van der Waals surface area contributed by atoms with Crippen LogP contribution in [0.1, 0.15) is 10.4 Å². The Morgan fingerprint density at radius 3 is 2.82 bits per heavy atom. The molecule has 0 saturated carbocycles. The lowest BCUT2D eigenvalue weighted by Crippen LogP contribution is -2.37. The second-order valence-corrected chi connectivity index (χ2v) is 7.35. The lowest BCUT2D eigenvalue weighted by Gasteiger charge is -2.18. The molecule has 9 nitrogen and oxygen atoms in total. The van der Waals surface area contributed by atoms with E-state index in [0.29, 0.717) is 29.7 Å². The fourth-order valence-electron chi connectivity index (χ4n) is 3.48. The Kier molecular flexibility index (Phi) is 4.84. The van der Waals surface area contributed by atoms with Crippen molar-refractivity contribution in [3.05, 3.63) is 45.7 Å². The van der Waals surface area contributed by atoms with Crippen molar-refractivity contribution in [1.82, 2.24) is 19.9 Å². The average molecular weight is 401 g/mol. The molecular formula is C18H19N5O4S. The molecule has 0 aromatic carbocycles. The lowest BCUT2D eigenvalue weighted by atomic mass is 10.2. The molecule has 0 spiro atoms. The molecule has 2 N–H and O–H groups in total. The van der Waals surface area contributed by atoms with Crippen molar-refractivity contribution in [2.45, 2.75) is 12.1 Å². The Morgan fingerprint density at radius 1 is 1.39 bits per heavy atom. The molecule has 4 rings (SSSR count). The number of likely N-dealkylation sites (N-methyl/N-ethyl adjacent to an activating group) is 1. The SMILES string of the molecule is CN[C@@H]1CN(c2ccc3c(=O)c(C(=O)O)cn(-c4nccs4)c3n2)C[C@@H]1OC. The highest BCUT2D eigenvalue weighted by molar-refractivity contribution is 7.12. The van der Waals surface area contributed by atoms with Gasteiger partial charge in [0, 0.05) is 38.0 Å². The molecular weight excluding hydrogens is 382 g/mol. The zero-order valence-corrected chi connectivity index (χ0v) is 16.1. The van der Waals surface area contributed by atoms with Crippen molar-refractivity contribution in [3.63, 3.8) is 0 Å². The summed E-state index contributed by atoms with van der Waals surface area (Å²) in [7, 11) is 3.57. The van der Waals surface area contributed by atoms with Crippen LogP contribution in [0.25, 0.3) is 16.2 Å². The summed E-state index contributed by atoms with van der Waals surface area (Å²) in [6.07, 6.45) is 2.94. The molecule has 146 valence electrons. The van der Waals surface area contributed by atoms with Crippen LogP contribution in [0.3, 0.4) is 0 Å². The van der Waals surface area contributed by atoms with Crippen molar-refractivity contribution < 1.29 is 14.6 Å². The number of hydrogen-bond donors (Lipinski definition) is 2. The first-order chi connectivity index (χ1) is 13.5. The zero-order chi connectivity index (χ0) is 19.8. The topological polar surface area (TPSA) is 110 Å². The number of pyridine rings is 2. The number of methoxy groups -OCH3 is 1. The Balaban J connectivity index is 1.87. The molecule has 3 aromatic rings. The van der Waals surface area contributed by atoms with Gasteiger partial charge < -0.3 is 20.1 Å². The highest BCUT2D eigenvalue weighted by atomic mass is 32.1. The van der Waals surface area contributed by atoms with E-state index in [-0.39, 0.29) is 23.1 Å². The van der Waals surface area contributed by atoms with Crippen LogP contribution in [0.5, 0.6) is 0 Å². The maximum atomic E-state index is 12.6. The molecule has 0 aliphatic carbocycles. The molecule has 4 heterocycles. The number of fused-ring (bicyclic) bond motifs is 1. The predicted octanol–water partition coefficient (Wildman–Crippen LogP) is 0.963. The van der Waals surface area contributed by atoms with Crippen molar-refractivity contribution >= 4 is 34.2 Å². The summed E-state index contributed by atoms with van der Waals surface area (Å²) in [5, 5.41) is 15.2. The lowest BCUT2D eigenvalue weighted by molar-refractivity contribution is 0.0695. The summed E-state index contributed by atoms with van der Waals surface area (Å²) in [5.41, 5.74) is -0.490. The molecule has 0 bridgehead atoms. The molecule has 1 aliphatic heterocycles. The molecule has 3 aromatic heterocycles. The van der Waals surface area contributed by atoms with Crippen molar-refractivity contribution in [2.75, 3.05) is 32.1 Å². The number of anilines is 1. The maximum Gasteiger partial charge on any atom is 0.341 e. The van der Waals surface area contributed by atoms with Gasteiger partial charge in [-0.05, 0) is 19.2 Å². The van der Waals surface area contributed by atoms with E-state index in [1.807, 2.05) is 7.05 Å². The summed E-state index contributed by atoms with van der Waals surface area (Å²) in [5.74, 6) is -0.583. The van der Waals surface area contributed by atoms with Crippen LogP contribution >= 0.6 is 11.3 Å². The zero-order valence-electron chi connectivity index (χ0n) is 15.3. The number of ether oxygens (including phenoxy) is 1. The number of rotatable bonds is 5. The minimum absolute atomic E-state index is 0.0260. The van der Waals surface area contributed by atoms with Gasteiger partial charge in [-0.1, -0.05) is 0 Å². The normalized spacial score (nSPS) is 19.4. The molecule has 1 fully saturated rings. The number of aromatic carboxylic acids is 1. The maximum absolute atomic E-state index is 12.6. The molecule has 10 heteroatoms. The summed E-state index contributed by atoms with van der Waals surface area (Å²) in [6.45, 7) is 1.37. The van der Waals surface area contributed by atoms with E-state index < -0.39 is 11.4 Å². The smallest absolute Gasteiger partial charge is 0.341 e. The van der Waals surface area contributed by atoms with Crippen LogP contribution in [0, 0.1) is 0 Å². The third kappa shape index (κ3) is 3.05. The average Bonchev–Trinajstić information content (AvgIpc) is 3.37. The number of nitrogens with one attached hydrogen (secondary N) is 1. The van der Waals surface area contributed by atoms with Crippen molar-refractivity contribution in [3.8, 4) is 5.13 Å². The first-order valence-electron chi connectivity index (χ1n) is 8.68. The van der Waals surface area contributed by atoms with Crippen LogP contribution in [0.15, 0.2) is 34.7 Å². The highest BCUT2D eigenvalue weighted by Gasteiger charge is 2.32. The van der Waals surface area contributed by atoms with E-state index in [4.69, 9.17) is 9.72 Å². The molecule has 0 radical (unpaired) electrons. The van der Waals surface area contributed by atoms with Gasteiger partial charge in [-0.2, -0.15) is 0 Å². The number of carbonyl (C=O) groups is 1. The third-order valence-corrected chi connectivity index (χ3v) is 5.73. The first-order valence-corrected chi connectivity index (χ1v) is 9.56. The van der Waals surface area contributed by atoms with E-state index in [1.165, 1.54) is 17.5 Å². The van der Waals surface area contributed by atoms with Crippen LogP contribution < -0.4 is 15.6 Å². The number of nitrogens with zero attached hydrogens (tertiary/aromatic N) is 4.